The molecule has 0 spiro atoms. The maximum absolute atomic E-state index is 8.36. The van der Waals surface area contributed by atoms with Gasteiger partial charge in [0.25, 0.3) is 0 Å². The first-order chi connectivity index (χ1) is 6.83. The van der Waals surface area contributed by atoms with Crippen LogP contribution in [0.2, 0.25) is 0 Å². The Morgan fingerprint density at radius 1 is 1.43 bits per heavy atom. The van der Waals surface area contributed by atoms with Gasteiger partial charge < -0.3 is 0 Å². The summed E-state index contributed by atoms with van der Waals surface area (Å²) in [6.07, 6.45) is 1.69. The van der Waals surface area contributed by atoms with Crippen molar-refractivity contribution in [3.8, 4) is 6.07 Å². The monoisotopic (exact) mass is 205 g/mol. The summed E-state index contributed by atoms with van der Waals surface area (Å²) in [5.74, 6) is 2.15. The zero-order valence-electron chi connectivity index (χ0n) is 8.49. The Morgan fingerprint density at radius 3 is 3.00 bits per heavy atom. The van der Waals surface area contributed by atoms with Gasteiger partial charge in [-0.3, -0.25) is 0 Å². The van der Waals surface area contributed by atoms with E-state index < -0.39 is 0 Å². The third-order valence-electron chi connectivity index (χ3n) is 1.93. The maximum atomic E-state index is 8.36. The molecule has 0 amide bonds. The molecule has 1 nitrogen and oxygen atoms in total. The zero-order chi connectivity index (χ0) is 10.2. The van der Waals surface area contributed by atoms with Crippen LogP contribution in [0, 0.1) is 18.3 Å². The van der Waals surface area contributed by atoms with Crippen molar-refractivity contribution >= 4 is 11.8 Å². The number of thioether (sulfide) groups is 1. The van der Waals surface area contributed by atoms with Gasteiger partial charge in [0.1, 0.15) is 0 Å². The van der Waals surface area contributed by atoms with Gasteiger partial charge in [-0.15, -0.1) is 0 Å². The Balaban J connectivity index is 2.22. The molecule has 0 aromatic heterocycles. The van der Waals surface area contributed by atoms with Gasteiger partial charge in [0.15, 0.2) is 0 Å². The molecule has 0 heterocycles. The van der Waals surface area contributed by atoms with Crippen molar-refractivity contribution in [2.75, 3.05) is 5.75 Å². The third-order valence-corrected chi connectivity index (χ3v) is 3.04. The van der Waals surface area contributed by atoms with Crippen LogP contribution in [0.1, 0.15) is 24.0 Å². The van der Waals surface area contributed by atoms with Gasteiger partial charge in [0.2, 0.25) is 0 Å². The molecule has 0 radical (unpaired) electrons. The van der Waals surface area contributed by atoms with E-state index in [4.69, 9.17) is 5.26 Å². The molecule has 0 aliphatic heterocycles. The lowest BCUT2D eigenvalue weighted by Crippen LogP contribution is -1.84. The molecule has 74 valence electrons. The van der Waals surface area contributed by atoms with Crippen LogP contribution < -0.4 is 0 Å². The van der Waals surface area contributed by atoms with Crippen LogP contribution in [-0.2, 0) is 5.75 Å². The first-order valence-corrected chi connectivity index (χ1v) is 5.98. The summed E-state index contributed by atoms with van der Waals surface area (Å²) in [7, 11) is 0. The lowest BCUT2D eigenvalue weighted by atomic mass is 10.2. The van der Waals surface area contributed by atoms with E-state index in [9.17, 15) is 0 Å². The molecule has 0 bridgehead atoms. The Labute approximate surface area is 90.1 Å². The number of nitriles is 1. The van der Waals surface area contributed by atoms with Crippen molar-refractivity contribution in [1.82, 2.24) is 0 Å². The van der Waals surface area contributed by atoms with E-state index in [1.54, 1.807) is 0 Å². The van der Waals surface area contributed by atoms with Crippen molar-refractivity contribution in [1.29, 1.82) is 5.26 Å². The molecule has 1 rings (SSSR count). The summed E-state index contributed by atoms with van der Waals surface area (Å²) >= 11 is 1.90. The number of rotatable bonds is 5. The summed E-state index contributed by atoms with van der Waals surface area (Å²) in [4.78, 5) is 0. The smallest absolute Gasteiger partial charge is 0.0622 e. The summed E-state index contributed by atoms with van der Waals surface area (Å²) in [5, 5.41) is 8.36. The van der Waals surface area contributed by atoms with E-state index >= 15 is 0 Å². The van der Waals surface area contributed by atoms with Crippen molar-refractivity contribution < 1.29 is 0 Å². The minimum atomic E-state index is 0.681. The minimum absolute atomic E-state index is 0.681. The van der Waals surface area contributed by atoms with Crippen LogP contribution in [0.25, 0.3) is 0 Å². The second-order valence-corrected chi connectivity index (χ2v) is 4.41. The fourth-order valence-corrected chi connectivity index (χ4v) is 2.15. The molecule has 0 atom stereocenters. The summed E-state index contributed by atoms with van der Waals surface area (Å²) in [5.41, 5.74) is 2.70. The maximum Gasteiger partial charge on any atom is 0.0622 e. The highest BCUT2D eigenvalue weighted by molar-refractivity contribution is 7.98. The van der Waals surface area contributed by atoms with Gasteiger partial charge >= 0.3 is 0 Å². The highest BCUT2D eigenvalue weighted by Gasteiger charge is 1.93. The molecule has 2 heteroatoms. The van der Waals surface area contributed by atoms with Gasteiger partial charge in [0, 0.05) is 12.2 Å². The molecule has 14 heavy (non-hydrogen) atoms. The SMILES string of the molecule is Cc1cccc(CSCCCC#N)c1. The van der Waals surface area contributed by atoms with Crippen molar-refractivity contribution in [2.24, 2.45) is 0 Å². The normalized spacial score (nSPS) is 9.71. The molecule has 1 aromatic rings. The quantitative estimate of drug-likeness (QED) is 0.687. The fourth-order valence-electron chi connectivity index (χ4n) is 1.25. The van der Waals surface area contributed by atoms with Crippen molar-refractivity contribution in [2.45, 2.75) is 25.5 Å². The second kappa shape index (κ2) is 6.50. The second-order valence-electron chi connectivity index (χ2n) is 3.30. The lowest BCUT2D eigenvalue weighted by molar-refractivity contribution is 0.981. The first kappa shape index (κ1) is 11.1. The minimum Gasteiger partial charge on any atom is -0.198 e. The molecular weight excluding hydrogens is 190 g/mol. The third kappa shape index (κ3) is 4.34. The van der Waals surface area contributed by atoms with Crippen LogP contribution >= 0.6 is 11.8 Å². The molecule has 0 saturated heterocycles. The largest absolute Gasteiger partial charge is 0.198 e. The highest BCUT2D eigenvalue weighted by Crippen LogP contribution is 2.14. The Bertz CT molecular complexity index is 314. The Kier molecular flexibility index (Phi) is 5.17. The standard InChI is InChI=1S/C12H15NS/c1-11-5-4-6-12(9-11)10-14-8-3-2-7-13/h4-6,9H,2-3,8,10H2,1H3. The van der Waals surface area contributed by atoms with Crippen LogP contribution in [0.3, 0.4) is 0 Å². The van der Waals surface area contributed by atoms with E-state index in [0.717, 1.165) is 17.9 Å². The number of unbranched alkanes of at least 4 members (excludes halogenated alkanes) is 1. The summed E-state index contributed by atoms with van der Waals surface area (Å²) in [6.45, 7) is 2.11. The lowest BCUT2D eigenvalue weighted by Gasteiger charge is -2.01. The van der Waals surface area contributed by atoms with Gasteiger partial charge in [-0.1, -0.05) is 29.8 Å². The predicted molar refractivity (Wildman–Crippen MR) is 62.2 cm³/mol. The topological polar surface area (TPSA) is 23.8 Å². The van der Waals surface area contributed by atoms with Crippen molar-refractivity contribution in [3.63, 3.8) is 0 Å². The van der Waals surface area contributed by atoms with Crippen LogP contribution in [0.15, 0.2) is 24.3 Å². The first-order valence-electron chi connectivity index (χ1n) is 4.83. The van der Waals surface area contributed by atoms with Crippen molar-refractivity contribution in [3.05, 3.63) is 35.4 Å². The number of aryl methyl sites for hydroxylation is 1. The number of benzene rings is 1. The molecule has 0 N–H and O–H groups in total. The van der Waals surface area contributed by atoms with Crippen LogP contribution in [0.4, 0.5) is 0 Å². The molecule has 0 unspecified atom stereocenters. The van der Waals surface area contributed by atoms with Gasteiger partial charge in [-0.2, -0.15) is 17.0 Å². The zero-order valence-corrected chi connectivity index (χ0v) is 9.31. The van der Waals surface area contributed by atoms with E-state index in [1.165, 1.54) is 11.1 Å². The van der Waals surface area contributed by atoms with E-state index in [-0.39, 0.29) is 0 Å². The fraction of sp³-hybridized carbons (Fsp3) is 0.417. The molecule has 0 fully saturated rings. The average Bonchev–Trinajstić information content (AvgIpc) is 2.18. The van der Waals surface area contributed by atoms with Gasteiger partial charge in [0.05, 0.1) is 6.07 Å². The molecular formula is C12H15NS. The molecule has 1 aromatic carbocycles. The highest BCUT2D eigenvalue weighted by atomic mass is 32.2. The molecule has 0 saturated carbocycles. The molecule has 0 aliphatic rings. The average molecular weight is 205 g/mol. The van der Waals surface area contributed by atoms with E-state index in [0.29, 0.717) is 6.42 Å². The van der Waals surface area contributed by atoms with Gasteiger partial charge in [-0.05, 0) is 24.7 Å². The summed E-state index contributed by atoms with van der Waals surface area (Å²) < 4.78 is 0. The molecule has 0 aliphatic carbocycles. The van der Waals surface area contributed by atoms with Crippen LogP contribution in [0.5, 0.6) is 0 Å². The Hall–Kier alpha value is -0.940. The van der Waals surface area contributed by atoms with E-state index in [2.05, 4.69) is 37.3 Å². The number of nitrogens with zero attached hydrogens (tertiary/aromatic N) is 1. The van der Waals surface area contributed by atoms with Gasteiger partial charge in [-0.25, -0.2) is 0 Å². The predicted octanol–water partition coefficient (Wildman–Crippen LogP) is 3.53. The number of hydrogen-bond acceptors (Lipinski definition) is 2. The summed E-state index contributed by atoms with van der Waals surface area (Å²) in [6, 6.07) is 10.8. The number of hydrogen-bond donors (Lipinski definition) is 0. The van der Waals surface area contributed by atoms with E-state index in [1.807, 2.05) is 11.8 Å². The Morgan fingerprint density at radius 2 is 2.29 bits per heavy atom. The van der Waals surface area contributed by atoms with Crippen LogP contribution in [-0.4, -0.2) is 5.75 Å².